The highest BCUT2D eigenvalue weighted by atomic mass is 32.2. The van der Waals surface area contributed by atoms with Crippen LogP contribution in [0.25, 0.3) is 11.5 Å². The molecule has 1 aromatic heterocycles. The molecule has 0 saturated carbocycles. The zero-order chi connectivity index (χ0) is 11.7. The van der Waals surface area contributed by atoms with Crippen LogP contribution in [0.2, 0.25) is 0 Å². The highest BCUT2D eigenvalue weighted by Gasteiger charge is 2.16. The average molecular weight is 247 g/mol. The van der Waals surface area contributed by atoms with E-state index >= 15 is 0 Å². The van der Waals surface area contributed by atoms with Crippen molar-refractivity contribution in [2.45, 2.75) is 0 Å². The second-order valence-electron chi connectivity index (χ2n) is 3.35. The third kappa shape index (κ3) is 1.92. The molecule has 1 aliphatic heterocycles. The van der Waals surface area contributed by atoms with Gasteiger partial charge in [0.25, 0.3) is 11.8 Å². The van der Waals surface area contributed by atoms with E-state index in [4.69, 9.17) is 10.3 Å². The van der Waals surface area contributed by atoms with Crippen LogP contribution in [0.1, 0.15) is 0 Å². The summed E-state index contributed by atoms with van der Waals surface area (Å²) in [5, 5.41) is 5.77. The van der Waals surface area contributed by atoms with Gasteiger partial charge in [0.15, 0.2) is 0 Å². The Morgan fingerprint density at radius 1 is 1.29 bits per heavy atom. The molecule has 0 aliphatic carbocycles. The summed E-state index contributed by atoms with van der Waals surface area (Å²) in [6.45, 7) is 0. The Morgan fingerprint density at radius 3 is 2.82 bits per heavy atom. The molecule has 1 aliphatic rings. The number of nitrogens with two attached hydrogens (primary N) is 1. The monoisotopic (exact) mass is 247 g/mol. The number of hydrogen-bond acceptors (Lipinski definition) is 7. The summed E-state index contributed by atoms with van der Waals surface area (Å²) in [5.41, 5.74) is 10.1. The molecule has 0 bridgehead atoms. The lowest BCUT2D eigenvalue weighted by Crippen LogP contribution is -2.23. The van der Waals surface area contributed by atoms with Gasteiger partial charge in [0.2, 0.25) is 0 Å². The van der Waals surface area contributed by atoms with Gasteiger partial charge >= 0.3 is 0 Å². The number of nitrogen functional groups attached to an aromatic ring is 1. The van der Waals surface area contributed by atoms with Gasteiger partial charge in [0.1, 0.15) is 0 Å². The highest BCUT2D eigenvalue weighted by Crippen LogP contribution is 2.25. The Labute approximate surface area is 102 Å². The van der Waals surface area contributed by atoms with Crippen molar-refractivity contribution in [3.63, 3.8) is 0 Å². The first-order valence-corrected chi connectivity index (χ1v) is 5.74. The Hall–Kier alpha value is -2.15. The molecule has 3 N–H and O–H groups in total. The SMILES string of the molecule is Nc1ccc(-c2nc(N3NC=CS3)no2)cc1. The fourth-order valence-electron chi connectivity index (χ4n) is 1.37. The molecular formula is C10H9N5OS. The molecule has 1 aromatic carbocycles. The second-order valence-corrected chi connectivity index (χ2v) is 4.20. The van der Waals surface area contributed by atoms with E-state index in [1.54, 1.807) is 22.7 Å². The van der Waals surface area contributed by atoms with Crippen LogP contribution in [0.4, 0.5) is 11.6 Å². The molecule has 0 radical (unpaired) electrons. The van der Waals surface area contributed by atoms with Crippen LogP contribution in [-0.4, -0.2) is 10.1 Å². The zero-order valence-corrected chi connectivity index (χ0v) is 9.52. The first kappa shape index (κ1) is 10.0. The molecule has 0 atom stereocenters. The summed E-state index contributed by atoms with van der Waals surface area (Å²) >= 11 is 1.44. The van der Waals surface area contributed by atoms with Crippen molar-refractivity contribution >= 4 is 23.6 Å². The third-order valence-electron chi connectivity index (χ3n) is 2.18. The first-order valence-electron chi connectivity index (χ1n) is 4.91. The van der Waals surface area contributed by atoms with Crippen LogP contribution < -0.4 is 15.6 Å². The number of nitrogens with one attached hydrogen (secondary N) is 1. The van der Waals surface area contributed by atoms with Crippen LogP contribution in [0.5, 0.6) is 0 Å². The van der Waals surface area contributed by atoms with E-state index in [1.165, 1.54) is 11.9 Å². The van der Waals surface area contributed by atoms with Gasteiger partial charge in [-0.2, -0.15) is 9.40 Å². The smallest absolute Gasteiger partial charge is 0.295 e. The number of anilines is 2. The molecule has 0 amide bonds. The van der Waals surface area contributed by atoms with Crippen molar-refractivity contribution < 1.29 is 4.52 Å². The predicted octanol–water partition coefficient (Wildman–Crippen LogP) is 1.76. The largest absolute Gasteiger partial charge is 0.399 e. The minimum Gasteiger partial charge on any atom is -0.399 e. The molecule has 17 heavy (non-hydrogen) atoms. The van der Waals surface area contributed by atoms with Crippen LogP contribution in [0, 0.1) is 0 Å². The number of nitrogens with zero attached hydrogens (tertiary/aromatic N) is 3. The average Bonchev–Trinajstić information content (AvgIpc) is 3.00. The number of aromatic nitrogens is 2. The van der Waals surface area contributed by atoms with Gasteiger partial charge in [-0.15, -0.1) is 0 Å². The van der Waals surface area contributed by atoms with Gasteiger partial charge in [-0.05, 0) is 29.4 Å². The van der Waals surface area contributed by atoms with Gasteiger partial charge in [-0.1, -0.05) is 0 Å². The molecule has 86 valence electrons. The molecule has 0 spiro atoms. The van der Waals surface area contributed by atoms with Crippen molar-refractivity contribution in [2.24, 2.45) is 0 Å². The summed E-state index contributed by atoms with van der Waals surface area (Å²) in [7, 11) is 0. The topological polar surface area (TPSA) is 80.2 Å². The summed E-state index contributed by atoms with van der Waals surface area (Å²) in [4.78, 5) is 4.28. The Morgan fingerprint density at radius 2 is 2.12 bits per heavy atom. The molecule has 3 rings (SSSR count). The van der Waals surface area contributed by atoms with Gasteiger partial charge in [0, 0.05) is 34.8 Å². The molecule has 0 fully saturated rings. The number of rotatable bonds is 2. The maximum Gasteiger partial charge on any atom is 0.295 e. The minimum atomic E-state index is 0.467. The summed E-state index contributed by atoms with van der Waals surface area (Å²) in [6.07, 6.45) is 1.80. The fraction of sp³-hybridized carbons (Fsp3) is 0. The van der Waals surface area contributed by atoms with Crippen LogP contribution in [-0.2, 0) is 0 Å². The standard InChI is InChI=1S/C10H9N5OS/c11-8-3-1-7(2-4-8)9-13-10(14-16-9)15-12-5-6-17-15/h1-6,12H,11H2. The van der Waals surface area contributed by atoms with Gasteiger partial charge in [-0.25, -0.2) is 0 Å². The number of benzene rings is 1. The molecule has 2 aromatic rings. The normalized spacial score (nSPS) is 14.0. The minimum absolute atomic E-state index is 0.467. The van der Waals surface area contributed by atoms with E-state index in [2.05, 4.69) is 15.6 Å². The zero-order valence-electron chi connectivity index (χ0n) is 8.70. The van der Waals surface area contributed by atoms with Crippen molar-refractivity contribution in [1.29, 1.82) is 0 Å². The summed E-state index contributed by atoms with van der Waals surface area (Å²) in [6, 6.07) is 7.28. The lowest BCUT2D eigenvalue weighted by atomic mass is 10.2. The number of hydrazine groups is 1. The Balaban J connectivity index is 1.86. The van der Waals surface area contributed by atoms with E-state index in [0.717, 1.165) is 5.56 Å². The molecule has 0 saturated heterocycles. The summed E-state index contributed by atoms with van der Waals surface area (Å²) < 4.78 is 6.88. The molecule has 2 heterocycles. The Kier molecular flexibility index (Phi) is 2.37. The van der Waals surface area contributed by atoms with Gasteiger partial charge in [0.05, 0.1) is 0 Å². The third-order valence-corrected chi connectivity index (χ3v) is 2.92. The molecule has 0 unspecified atom stereocenters. The second kappa shape index (κ2) is 4.02. The molecule has 6 nitrogen and oxygen atoms in total. The van der Waals surface area contributed by atoms with Crippen molar-refractivity contribution in [2.75, 3.05) is 10.1 Å². The quantitative estimate of drug-likeness (QED) is 0.618. The van der Waals surface area contributed by atoms with E-state index in [0.29, 0.717) is 17.5 Å². The van der Waals surface area contributed by atoms with Crippen LogP contribution in [0.15, 0.2) is 40.4 Å². The summed E-state index contributed by atoms with van der Waals surface area (Å²) in [5.74, 6) is 0.945. The molecule has 7 heteroatoms. The van der Waals surface area contributed by atoms with E-state index < -0.39 is 0 Å². The number of hydrogen-bond donors (Lipinski definition) is 2. The van der Waals surface area contributed by atoms with E-state index in [-0.39, 0.29) is 0 Å². The fourth-order valence-corrected chi connectivity index (χ4v) is 1.90. The van der Waals surface area contributed by atoms with Crippen molar-refractivity contribution in [1.82, 2.24) is 15.6 Å². The Bertz CT molecular complexity index is 542. The van der Waals surface area contributed by atoms with Crippen LogP contribution >= 0.6 is 11.9 Å². The van der Waals surface area contributed by atoms with Gasteiger partial charge in [-0.3, -0.25) is 5.43 Å². The predicted molar refractivity (Wildman–Crippen MR) is 66.5 cm³/mol. The van der Waals surface area contributed by atoms with E-state index in [1.807, 2.05) is 17.5 Å². The highest BCUT2D eigenvalue weighted by molar-refractivity contribution is 8.03. The van der Waals surface area contributed by atoms with Gasteiger partial charge < -0.3 is 10.3 Å². The van der Waals surface area contributed by atoms with Crippen LogP contribution in [0.3, 0.4) is 0 Å². The first-order chi connectivity index (χ1) is 8.33. The molecular weight excluding hydrogens is 238 g/mol. The lowest BCUT2D eigenvalue weighted by Gasteiger charge is -2.09. The van der Waals surface area contributed by atoms with Crippen molar-refractivity contribution in [3.05, 3.63) is 35.9 Å². The lowest BCUT2D eigenvalue weighted by molar-refractivity contribution is 0.431. The van der Waals surface area contributed by atoms with E-state index in [9.17, 15) is 0 Å². The van der Waals surface area contributed by atoms with Crippen molar-refractivity contribution in [3.8, 4) is 11.5 Å². The maximum atomic E-state index is 5.61. The maximum absolute atomic E-state index is 5.61.